The largest absolute Gasteiger partial charge is 0.475 e. The van der Waals surface area contributed by atoms with Gasteiger partial charge in [0.25, 0.3) is 0 Å². The minimum absolute atomic E-state index is 0.0612. The van der Waals surface area contributed by atoms with E-state index < -0.39 is 5.97 Å². The molecule has 0 saturated carbocycles. The summed E-state index contributed by atoms with van der Waals surface area (Å²) in [5, 5.41) is 21.3. The highest BCUT2D eigenvalue weighted by atomic mass is 16.4. The predicted molar refractivity (Wildman–Crippen MR) is 60.8 cm³/mol. The summed E-state index contributed by atoms with van der Waals surface area (Å²) in [6, 6.07) is 0. The van der Waals surface area contributed by atoms with E-state index >= 15 is 0 Å². The molecule has 1 heterocycles. The third kappa shape index (κ3) is 1.81. The third-order valence-electron chi connectivity index (χ3n) is 3.11. The van der Waals surface area contributed by atoms with Crippen molar-refractivity contribution in [3.05, 3.63) is 22.6 Å². The first-order valence-corrected chi connectivity index (χ1v) is 5.42. The van der Waals surface area contributed by atoms with E-state index in [0.717, 1.165) is 0 Å². The van der Waals surface area contributed by atoms with Gasteiger partial charge < -0.3 is 14.7 Å². The average Bonchev–Trinajstić information content (AvgIpc) is 2.53. The molecule has 1 aliphatic rings. The van der Waals surface area contributed by atoms with E-state index in [0.29, 0.717) is 35.4 Å². The van der Waals surface area contributed by atoms with Gasteiger partial charge in [-0.05, 0) is 18.8 Å². The van der Waals surface area contributed by atoms with Gasteiger partial charge in [0.15, 0.2) is 0 Å². The number of fused-ring (bicyclic) bond motifs is 1. The smallest absolute Gasteiger partial charge is 0.372 e. The number of oxime groups is 1. The molecule has 17 heavy (non-hydrogen) atoms. The number of rotatable bonds is 1. The Morgan fingerprint density at radius 1 is 1.41 bits per heavy atom. The lowest BCUT2D eigenvalue weighted by Crippen LogP contribution is -2.26. The van der Waals surface area contributed by atoms with Crippen LogP contribution in [0.4, 0.5) is 0 Å². The van der Waals surface area contributed by atoms with E-state index in [1.807, 2.05) is 13.8 Å². The molecule has 0 bridgehead atoms. The molecule has 0 amide bonds. The van der Waals surface area contributed by atoms with Gasteiger partial charge in [0.2, 0.25) is 5.76 Å². The molecule has 1 aliphatic carbocycles. The number of hydrogen-bond acceptors (Lipinski definition) is 4. The molecular weight excluding hydrogens is 222 g/mol. The van der Waals surface area contributed by atoms with E-state index in [1.54, 1.807) is 6.92 Å². The molecule has 0 aromatic carbocycles. The van der Waals surface area contributed by atoms with Crippen molar-refractivity contribution in [2.24, 2.45) is 10.6 Å². The summed E-state index contributed by atoms with van der Waals surface area (Å²) in [4.78, 5) is 11.0. The van der Waals surface area contributed by atoms with Crippen LogP contribution >= 0.6 is 0 Å². The van der Waals surface area contributed by atoms with Crippen molar-refractivity contribution >= 4 is 11.7 Å². The van der Waals surface area contributed by atoms with Crippen molar-refractivity contribution in [1.29, 1.82) is 0 Å². The Morgan fingerprint density at radius 3 is 2.59 bits per heavy atom. The van der Waals surface area contributed by atoms with Crippen LogP contribution in [0.5, 0.6) is 0 Å². The first-order valence-electron chi connectivity index (χ1n) is 5.42. The monoisotopic (exact) mass is 237 g/mol. The Hall–Kier alpha value is -1.78. The fourth-order valence-corrected chi connectivity index (χ4v) is 2.40. The zero-order chi connectivity index (χ0) is 12.8. The number of aromatic carboxylic acids is 1. The average molecular weight is 237 g/mol. The SMILES string of the molecule is Cc1c(C(=O)O)oc2c1/C(=N/O)CC(C)(C)C2. The lowest BCUT2D eigenvalue weighted by Gasteiger charge is -2.28. The number of carbonyl (C=O) groups is 1. The first kappa shape index (κ1) is 11.7. The quantitative estimate of drug-likeness (QED) is 0.580. The number of hydrogen-bond donors (Lipinski definition) is 2. The van der Waals surface area contributed by atoms with Crippen molar-refractivity contribution in [3.63, 3.8) is 0 Å². The molecule has 2 N–H and O–H groups in total. The van der Waals surface area contributed by atoms with Gasteiger partial charge >= 0.3 is 5.97 Å². The van der Waals surface area contributed by atoms with Crippen LogP contribution in [-0.2, 0) is 6.42 Å². The summed E-state index contributed by atoms with van der Waals surface area (Å²) in [6.07, 6.45) is 1.26. The molecule has 0 radical (unpaired) electrons. The molecule has 92 valence electrons. The summed E-state index contributed by atoms with van der Waals surface area (Å²) < 4.78 is 5.37. The molecule has 1 aromatic rings. The highest BCUT2D eigenvalue weighted by molar-refractivity contribution is 6.05. The Kier molecular flexibility index (Phi) is 2.49. The lowest BCUT2D eigenvalue weighted by atomic mass is 9.75. The Bertz CT molecular complexity index is 511. The standard InChI is InChI=1S/C12H15NO4/c1-6-9-7(13-16)4-12(2,3)5-8(9)17-10(6)11(14)15/h16H,4-5H2,1-3H3,(H,14,15)/b13-7+. The third-order valence-corrected chi connectivity index (χ3v) is 3.11. The van der Waals surface area contributed by atoms with Crippen LogP contribution in [0.1, 0.15) is 47.7 Å². The van der Waals surface area contributed by atoms with Crippen LogP contribution in [0.15, 0.2) is 9.57 Å². The molecule has 0 fully saturated rings. The molecule has 0 saturated heterocycles. The number of carboxylic acid groups (broad SMARTS) is 1. The van der Waals surface area contributed by atoms with Crippen LogP contribution in [0.3, 0.4) is 0 Å². The van der Waals surface area contributed by atoms with Gasteiger partial charge in [0.05, 0.1) is 5.71 Å². The zero-order valence-corrected chi connectivity index (χ0v) is 10.1. The maximum atomic E-state index is 11.0. The molecule has 1 aromatic heterocycles. The van der Waals surface area contributed by atoms with E-state index in [2.05, 4.69) is 5.16 Å². The van der Waals surface area contributed by atoms with E-state index in [4.69, 9.17) is 14.7 Å². The van der Waals surface area contributed by atoms with Gasteiger partial charge in [0, 0.05) is 17.5 Å². The van der Waals surface area contributed by atoms with Crippen molar-refractivity contribution in [1.82, 2.24) is 0 Å². The lowest BCUT2D eigenvalue weighted by molar-refractivity contribution is 0.0658. The Morgan fingerprint density at radius 2 is 2.06 bits per heavy atom. The summed E-state index contributed by atoms with van der Waals surface area (Å²) in [5.74, 6) is -0.551. The summed E-state index contributed by atoms with van der Waals surface area (Å²) in [5.41, 5.74) is 1.61. The maximum absolute atomic E-state index is 11.0. The second-order valence-electron chi connectivity index (χ2n) is 5.22. The number of nitrogens with zero attached hydrogens (tertiary/aromatic N) is 1. The van der Waals surface area contributed by atoms with E-state index in [9.17, 15) is 4.79 Å². The Balaban J connectivity index is 2.63. The molecular formula is C12H15NO4. The molecule has 0 unspecified atom stereocenters. The van der Waals surface area contributed by atoms with Gasteiger partial charge in [-0.3, -0.25) is 0 Å². The molecule has 5 heteroatoms. The van der Waals surface area contributed by atoms with Crippen LogP contribution in [0.25, 0.3) is 0 Å². The second kappa shape index (κ2) is 3.61. The van der Waals surface area contributed by atoms with Crippen molar-refractivity contribution < 1.29 is 19.5 Å². The van der Waals surface area contributed by atoms with Gasteiger partial charge in [-0.1, -0.05) is 19.0 Å². The predicted octanol–water partition coefficient (Wildman–Crippen LogP) is 2.44. The molecule has 0 spiro atoms. The van der Waals surface area contributed by atoms with E-state index in [-0.39, 0.29) is 11.2 Å². The van der Waals surface area contributed by atoms with Crippen LogP contribution in [-0.4, -0.2) is 22.0 Å². The molecule has 0 atom stereocenters. The van der Waals surface area contributed by atoms with E-state index in [1.165, 1.54) is 0 Å². The fraction of sp³-hybridized carbons (Fsp3) is 0.500. The van der Waals surface area contributed by atoms with Crippen LogP contribution in [0.2, 0.25) is 0 Å². The minimum atomic E-state index is -1.09. The number of furan rings is 1. The van der Waals surface area contributed by atoms with Gasteiger partial charge in [0.1, 0.15) is 5.76 Å². The highest BCUT2D eigenvalue weighted by Gasteiger charge is 2.36. The fourth-order valence-electron chi connectivity index (χ4n) is 2.40. The summed E-state index contributed by atoms with van der Waals surface area (Å²) in [7, 11) is 0. The van der Waals surface area contributed by atoms with Crippen molar-refractivity contribution in [3.8, 4) is 0 Å². The number of carboxylic acids is 1. The maximum Gasteiger partial charge on any atom is 0.372 e. The van der Waals surface area contributed by atoms with Gasteiger partial charge in [-0.25, -0.2) is 4.79 Å². The van der Waals surface area contributed by atoms with Crippen molar-refractivity contribution in [2.75, 3.05) is 0 Å². The van der Waals surface area contributed by atoms with Gasteiger partial charge in [-0.15, -0.1) is 0 Å². The summed E-state index contributed by atoms with van der Waals surface area (Å²) >= 11 is 0. The normalized spacial score (nSPS) is 20.3. The van der Waals surface area contributed by atoms with Crippen molar-refractivity contribution in [2.45, 2.75) is 33.6 Å². The minimum Gasteiger partial charge on any atom is -0.475 e. The van der Waals surface area contributed by atoms with Crippen LogP contribution in [0, 0.1) is 12.3 Å². The topological polar surface area (TPSA) is 83.0 Å². The molecule has 0 aliphatic heterocycles. The molecule has 5 nitrogen and oxygen atoms in total. The second-order valence-corrected chi connectivity index (χ2v) is 5.22. The Labute approximate surface area is 98.7 Å². The first-order chi connectivity index (χ1) is 7.85. The highest BCUT2D eigenvalue weighted by Crippen LogP contribution is 2.38. The van der Waals surface area contributed by atoms with Crippen LogP contribution < -0.4 is 0 Å². The summed E-state index contributed by atoms with van der Waals surface area (Å²) in [6.45, 7) is 5.73. The molecule has 2 rings (SSSR count). The zero-order valence-electron chi connectivity index (χ0n) is 10.1. The van der Waals surface area contributed by atoms with Gasteiger partial charge in [-0.2, -0.15) is 0 Å².